The molecule has 0 aliphatic rings. The first-order chi connectivity index (χ1) is 8.66. The average molecular weight is 240 g/mol. The fraction of sp³-hybridized carbons (Fsp3) is 0.154. The number of hydrogen-bond acceptors (Lipinski definition) is 3. The summed E-state index contributed by atoms with van der Waals surface area (Å²) >= 11 is 0. The van der Waals surface area contributed by atoms with Crippen LogP contribution < -0.4 is 5.56 Å². The van der Waals surface area contributed by atoms with Gasteiger partial charge in [0.15, 0.2) is 5.65 Å². The van der Waals surface area contributed by atoms with E-state index in [-0.39, 0.29) is 5.56 Å². The van der Waals surface area contributed by atoms with Crippen molar-refractivity contribution in [2.75, 3.05) is 0 Å². The molecule has 0 saturated carbocycles. The van der Waals surface area contributed by atoms with Gasteiger partial charge < -0.3 is 4.57 Å². The highest BCUT2D eigenvalue weighted by molar-refractivity contribution is 5.73. The number of nitrogens with zero attached hydrogens (tertiary/aromatic N) is 4. The Kier molecular flexibility index (Phi) is 2.26. The molecule has 0 aliphatic carbocycles. The molecule has 3 aromatic heterocycles. The van der Waals surface area contributed by atoms with E-state index in [4.69, 9.17) is 0 Å². The zero-order chi connectivity index (χ0) is 12.7. The monoisotopic (exact) mass is 240 g/mol. The van der Waals surface area contributed by atoms with Gasteiger partial charge in [-0.15, -0.1) is 0 Å². The molecular weight excluding hydrogens is 228 g/mol. The number of imidazole rings is 1. The van der Waals surface area contributed by atoms with E-state index >= 15 is 0 Å². The van der Waals surface area contributed by atoms with Crippen molar-refractivity contribution < 1.29 is 0 Å². The lowest BCUT2D eigenvalue weighted by atomic mass is 10.3. The molecule has 3 rings (SSSR count). The zero-order valence-electron chi connectivity index (χ0n) is 10.2. The Morgan fingerprint density at radius 1 is 1.11 bits per heavy atom. The van der Waals surface area contributed by atoms with Gasteiger partial charge in [-0.2, -0.15) is 0 Å². The van der Waals surface area contributed by atoms with Gasteiger partial charge >= 0.3 is 0 Å². The van der Waals surface area contributed by atoms with Crippen molar-refractivity contribution >= 4 is 11.2 Å². The van der Waals surface area contributed by atoms with Crippen LogP contribution in [0.2, 0.25) is 0 Å². The normalized spacial score (nSPS) is 11.0. The van der Waals surface area contributed by atoms with Gasteiger partial charge in [-0.25, -0.2) is 4.98 Å². The van der Waals surface area contributed by atoms with Crippen molar-refractivity contribution in [2.24, 2.45) is 7.05 Å². The second kappa shape index (κ2) is 3.80. The minimum Gasteiger partial charge on any atom is -0.332 e. The van der Waals surface area contributed by atoms with Crippen LogP contribution in [-0.2, 0) is 7.05 Å². The molecule has 3 heterocycles. The SMILES string of the molecule is Cc1ccc(-n2c(=O)ccc3c2ncn3C)cn1. The Labute approximate surface area is 103 Å². The number of rotatable bonds is 1. The molecule has 0 amide bonds. The molecule has 3 aromatic rings. The maximum atomic E-state index is 12.0. The summed E-state index contributed by atoms with van der Waals surface area (Å²) in [6, 6.07) is 7.08. The van der Waals surface area contributed by atoms with Crippen LogP contribution in [0, 0.1) is 6.92 Å². The molecule has 0 atom stereocenters. The van der Waals surface area contributed by atoms with Gasteiger partial charge in [0.05, 0.1) is 23.7 Å². The first-order valence-corrected chi connectivity index (χ1v) is 5.63. The highest BCUT2D eigenvalue weighted by Gasteiger charge is 2.09. The number of aryl methyl sites for hydroxylation is 2. The van der Waals surface area contributed by atoms with E-state index in [1.54, 1.807) is 29.2 Å². The van der Waals surface area contributed by atoms with Crippen LogP contribution in [0.3, 0.4) is 0 Å². The average Bonchev–Trinajstić information content (AvgIpc) is 2.73. The Balaban J connectivity index is 2.37. The lowest BCUT2D eigenvalue weighted by Crippen LogP contribution is -2.17. The largest absolute Gasteiger partial charge is 0.332 e. The van der Waals surface area contributed by atoms with E-state index in [1.807, 2.05) is 30.7 Å². The van der Waals surface area contributed by atoms with Crippen molar-refractivity contribution in [3.8, 4) is 5.69 Å². The number of hydrogen-bond donors (Lipinski definition) is 0. The molecule has 0 saturated heterocycles. The smallest absolute Gasteiger partial charge is 0.256 e. The Morgan fingerprint density at radius 3 is 2.67 bits per heavy atom. The Bertz CT molecular complexity index is 768. The predicted octanol–water partition coefficient (Wildman–Crippen LogP) is 1.43. The summed E-state index contributed by atoms with van der Waals surface area (Å²) in [6.07, 6.45) is 3.38. The standard InChI is InChI=1S/C13H12N4O/c1-9-3-4-10(7-14-9)17-12(18)6-5-11-13(17)15-8-16(11)2/h3-8H,1-2H3. The number of pyridine rings is 2. The van der Waals surface area contributed by atoms with Crippen LogP contribution in [-0.4, -0.2) is 19.1 Å². The minimum absolute atomic E-state index is 0.105. The van der Waals surface area contributed by atoms with Gasteiger partial charge in [0.1, 0.15) is 0 Å². The van der Waals surface area contributed by atoms with Crippen LogP contribution in [0.1, 0.15) is 5.69 Å². The van der Waals surface area contributed by atoms with Crippen LogP contribution >= 0.6 is 0 Å². The van der Waals surface area contributed by atoms with Crippen molar-refractivity contribution in [1.29, 1.82) is 0 Å². The van der Waals surface area contributed by atoms with Gasteiger partial charge in [-0.3, -0.25) is 14.3 Å². The van der Waals surface area contributed by atoms with Crippen LogP contribution in [0.15, 0.2) is 41.6 Å². The molecular formula is C13H12N4O. The summed E-state index contributed by atoms with van der Waals surface area (Å²) in [4.78, 5) is 20.5. The van der Waals surface area contributed by atoms with Crippen LogP contribution in [0.5, 0.6) is 0 Å². The van der Waals surface area contributed by atoms with E-state index in [0.29, 0.717) is 5.65 Å². The second-order valence-corrected chi connectivity index (χ2v) is 4.23. The molecule has 90 valence electrons. The van der Waals surface area contributed by atoms with Crippen molar-refractivity contribution in [3.05, 3.63) is 52.8 Å². The van der Waals surface area contributed by atoms with Crippen molar-refractivity contribution in [3.63, 3.8) is 0 Å². The maximum absolute atomic E-state index is 12.0. The van der Waals surface area contributed by atoms with E-state index in [1.165, 1.54) is 0 Å². The molecule has 0 spiro atoms. The van der Waals surface area contributed by atoms with E-state index < -0.39 is 0 Å². The highest BCUT2D eigenvalue weighted by atomic mass is 16.1. The Morgan fingerprint density at radius 2 is 1.94 bits per heavy atom. The molecule has 18 heavy (non-hydrogen) atoms. The summed E-state index contributed by atoms with van der Waals surface area (Å²) in [5.41, 5.74) is 3.10. The first kappa shape index (κ1) is 10.7. The molecule has 5 nitrogen and oxygen atoms in total. The van der Waals surface area contributed by atoms with Gasteiger partial charge in [-0.1, -0.05) is 0 Å². The second-order valence-electron chi connectivity index (χ2n) is 4.23. The fourth-order valence-corrected chi connectivity index (χ4v) is 1.96. The van der Waals surface area contributed by atoms with Gasteiger partial charge in [-0.05, 0) is 25.1 Å². The lowest BCUT2D eigenvalue weighted by Gasteiger charge is -2.06. The fourth-order valence-electron chi connectivity index (χ4n) is 1.96. The van der Waals surface area contributed by atoms with E-state index in [9.17, 15) is 4.79 Å². The highest BCUT2D eigenvalue weighted by Crippen LogP contribution is 2.13. The maximum Gasteiger partial charge on any atom is 0.256 e. The van der Waals surface area contributed by atoms with Crippen molar-refractivity contribution in [2.45, 2.75) is 6.92 Å². The first-order valence-electron chi connectivity index (χ1n) is 5.63. The summed E-state index contributed by atoms with van der Waals surface area (Å²) in [7, 11) is 1.90. The number of fused-ring (bicyclic) bond motifs is 1. The topological polar surface area (TPSA) is 52.7 Å². The van der Waals surface area contributed by atoms with Crippen LogP contribution in [0.4, 0.5) is 0 Å². The third-order valence-electron chi connectivity index (χ3n) is 2.93. The molecule has 0 aromatic carbocycles. The quantitative estimate of drug-likeness (QED) is 0.646. The molecule has 0 radical (unpaired) electrons. The zero-order valence-corrected chi connectivity index (χ0v) is 10.2. The lowest BCUT2D eigenvalue weighted by molar-refractivity contribution is 0.947. The minimum atomic E-state index is -0.105. The summed E-state index contributed by atoms with van der Waals surface area (Å²) in [6.45, 7) is 1.91. The van der Waals surface area contributed by atoms with Gasteiger partial charge in [0.2, 0.25) is 0 Å². The third kappa shape index (κ3) is 1.52. The van der Waals surface area contributed by atoms with E-state index in [2.05, 4.69) is 9.97 Å². The third-order valence-corrected chi connectivity index (χ3v) is 2.93. The molecule has 0 unspecified atom stereocenters. The summed E-state index contributed by atoms with van der Waals surface area (Å²) in [5.74, 6) is 0. The van der Waals surface area contributed by atoms with Gasteiger partial charge in [0, 0.05) is 18.8 Å². The molecule has 0 aliphatic heterocycles. The molecule has 0 N–H and O–H groups in total. The molecule has 0 fully saturated rings. The number of aromatic nitrogens is 4. The summed E-state index contributed by atoms with van der Waals surface area (Å²) < 4.78 is 3.45. The van der Waals surface area contributed by atoms with Crippen LogP contribution in [0.25, 0.3) is 16.9 Å². The van der Waals surface area contributed by atoms with E-state index in [0.717, 1.165) is 16.9 Å². The van der Waals surface area contributed by atoms with Crippen molar-refractivity contribution in [1.82, 2.24) is 19.1 Å². The van der Waals surface area contributed by atoms with Gasteiger partial charge in [0.25, 0.3) is 5.56 Å². The summed E-state index contributed by atoms with van der Waals surface area (Å²) in [5, 5.41) is 0. The Hall–Kier alpha value is -2.43. The molecule has 5 heteroatoms. The molecule has 0 bridgehead atoms. The predicted molar refractivity (Wildman–Crippen MR) is 68.8 cm³/mol.